The lowest BCUT2D eigenvalue weighted by Gasteiger charge is -2.28. The Bertz CT molecular complexity index is 439. The number of carbonyl (C=O) groups is 1. The largest absolute Gasteiger partial charge is 0.377 e. The molecule has 0 aliphatic carbocycles. The monoisotopic (exact) mass is 248 g/mol. The van der Waals surface area contributed by atoms with Gasteiger partial charge in [-0.2, -0.15) is 0 Å². The molecular weight excluding hydrogens is 236 g/mol. The van der Waals surface area contributed by atoms with Crippen molar-refractivity contribution < 1.29 is 9.53 Å². The van der Waals surface area contributed by atoms with Crippen molar-refractivity contribution in [3.63, 3.8) is 0 Å². The summed E-state index contributed by atoms with van der Waals surface area (Å²) < 4.78 is 5.34. The van der Waals surface area contributed by atoms with Crippen LogP contribution < -0.4 is 4.90 Å². The second-order valence-electron chi connectivity index (χ2n) is 4.08. The van der Waals surface area contributed by atoms with E-state index in [1.807, 2.05) is 35.2 Å². The van der Waals surface area contributed by atoms with Crippen LogP contribution in [0.25, 0.3) is 0 Å². The van der Waals surface area contributed by atoms with Crippen molar-refractivity contribution in [1.29, 1.82) is 0 Å². The van der Waals surface area contributed by atoms with Gasteiger partial charge in [0.1, 0.15) is 6.04 Å². The molecule has 2 heterocycles. The summed E-state index contributed by atoms with van der Waals surface area (Å²) in [6, 6.07) is 9.27. The van der Waals surface area contributed by atoms with Crippen LogP contribution in [0.5, 0.6) is 0 Å². The second-order valence-corrected chi connectivity index (χ2v) is 4.44. The van der Waals surface area contributed by atoms with Crippen LogP contribution in [0.15, 0.2) is 30.3 Å². The summed E-state index contributed by atoms with van der Waals surface area (Å²) in [5.74, 6) is 0.0147. The predicted molar refractivity (Wildman–Crippen MR) is 67.8 cm³/mol. The number of fused-ring (bicyclic) bond motifs is 1. The summed E-state index contributed by atoms with van der Waals surface area (Å²) in [6.07, 6.45) is 0. The second kappa shape index (κ2) is 4.09. The lowest BCUT2D eigenvalue weighted by atomic mass is 10.2. The van der Waals surface area contributed by atoms with Crippen LogP contribution in [0.2, 0.25) is 0 Å². The van der Waals surface area contributed by atoms with Crippen molar-refractivity contribution in [3.8, 4) is 0 Å². The lowest BCUT2D eigenvalue weighted by molar-refractivity contribution is -0.123. The molecule has 0 spiro atoms. The number of morpholine rings is 1. The van der Waals surface area contributed by atoms with Gasteiger partial charge in [-0.25, -0.2) is 0 Å². The van der Waals surface area contributed by atoms with Gasteiger partial charge in [-0.3, -0.25) is 9.69 Å². The molecule has 2 saturated heterocycles. The fourth-order valence-electron chi connectivity index (χ4n) is 2.22. The van der Waals surface area contributed by atoms with Gasteiger partial charge in [-0.15, -0.1) is 0 Å². The fraction of sp³-hybridized carbons (Fsp3) is 0.333. The molecule has 1 aromatic carbocycles. The highest BCUT2D eigenvalue weighted by Crippen LogP contribution is 2.26. The molecule has 0 bridgehead atoms. The molecule has 17 heavy (non-hydrogen) atoms. The number of nitrogens with zero attached hydrogens (tertiary/aromatic N) is 2. The first kappa shape index (κ1) is 10.7. The van der Waals surface area contributed by atoms with Crippen LogP contribution in [-0.2, 0) is 9.53 Å². The molecule has 88 valence electrons. The summed E-state index contributed by atoms with van der Waals surface area (Å²) in [4.78, 5) is 15.8. The molecular formula is C12H12N2O2S. The van der Waals surface area contributed by atoms with Gasteiger partial charge in [0.05, 0.1) is 18.9 Å². The molecule has 0 saturated carbocycles. The molecule has 0 radical (unpaired) electrons. The number of hydrogen-bond donors (Lipinski definition) is 0. The Balaban J connectivity index is 1.96. The molecule has 1 amide bonds. The SMILES string of the molecule is O=C1C2COCCN2C(=S)N1c1ccccc1. The Labute approximate surface area is 105 Å². The van der Waals surface area contributed by atoms with Crippen LogP contribution in [-0.4, -0.2) is 41.7 Å². The lowest BCUT2D eigenvalue weighted by Crippen LogP contribution is -2.44. The quantitative estimate of drug-likeness (QED) is 0.695. The predicted octanol–water partition coefficient (Wildman–Crippen LogP) is 1.02. The van der Waals surface area contributed by atoms with Gasteiger partial charge in [-0.05, 0) is 24.4 Å². The van der Waals surface area contributed by atoms with E-state index < -0.39 is 0 Å². The molecule has 2 aliphatic rings. The van der Waals surface area contributed by atoms with Gasteiger partial charge in [0, 0.05) is 6.54 Å². The molecule has 0 aromatic heterocycles. The molecule has 2 fully saturated rings. The van der Waals surface area contributed by atoms with E-state index in [0.29, 0.717) is 24.9 Å². The Morgan fingerprint density at radius 3 is 2.76 bits per heavy atom. The average molecular weight is 248 g/mol. The first-order valence-corrected chi connectivity index (χ1v) is 5.97. The number of anilines is 1. The zero-order chi connectivity index (χ0) is 11.8. The number of thiocarbonyl (C=S) groups is 1. The number of benzene rings is 1. The van der Waals surface area contributed by atoms with Crippen LogP contribution in [0.3, 0.4) is 0 Å². The molecule has 2 aliphatic heterocycles. The van der Waals surface area contributed by atoms with Crippen molar-refractivity contribution in [1.82, 2.24) is 4.90 Å². The number of amides is 1. The normalized spacial score (nSPS) is 24.1. The maximum absolute atomic E-state index is 12.3. The van der Waals surface area contributed by atoms with Crippen molar-refractivity contribution in [2.75, 3.05) is 24.7 Å². The third-order valence-electron chi connectivity index (χ3n) is 3.09. The summed E-state index contributed by atoms with van der Waals surface area (Å²) in [5, 5.41) is 0.592. The van der Waals surface area contributed by atoms with Crippen molar-refractivity contribution in [2.45, 2.75) is 6.04 Å². The standard InChI is InChI=1S/C12H12N2O2S/c15-11-10-8-16-7-6-13(10)12(17)14(11)9-4-2-1-3-5-9/h1-5,10H,6-8H2. The van der Waals surface area contributed by atoms with E-state index in [1.165, 1.54) is 0 Å². The minimum Gasteiger partial charge on any atom is -0.377 e. The van der Waals surface area contributed by atoms with E-state index in [0.717, 1.165) is 5.69 Å². The van der Waals surface area contributed by atoms with Gasteiger partial charge in [0.15, 0.2) is 5.11 Å². The summed E-state index contributed by atoms with van der Waals surface area (Å²) in [7, 11) is 0. The minimum absolute atomic E-state index is 0.0147. The molecule has 0 N–H and O–H groups in total. The Kier molecular flexibility index (Phi) is 2.57. The van der Waals surface area contributed by atoms with Gasteiger partial charge in [-0.1, -0.05) is 18.2 Å². The first-order chi connectivity index (χ1) is 8.29. The summed E-state index contributed by atoms with van der Waals surface area (Å²) >= 11 is 5.37. The van der Waals surface area contributed by atoms with E-state index in [1.54, 1.807) is 4.90 Å². The highest BCUT2D eigenvalue weighted by molar-refractivity contribution is 7.80. The van der Waals surface area contributed by atoms with Crippen LogP contribution >= 0.6 is 12.2 Å². The minimum atomic E-state index is -0.239. The highest BCUT2D eigenvalue weighted by atomic mass is 32.1. The van der Waals surface area contributed by atoms with E-state index in [2.05, 4.69) is 0 Å². The van der Waals surface area contributed by atoms with Gasteiger partial charge in [0.2, 0.25) is 0 Å². The Morgan fingerprint density at radius 1 is 1.29 bits per heavy atom. The Hall–Kier alpha value is -1.46. The number of ether oxygens (including phenoxy) is 1. The maximum atomic E-state index is 12.3. The first-order valence-electron chi connectivity index (χ1n) is 5.56. The zero-order valence-electron chi connectivity index (χ0n) is 9.20. The zero-order valence-corrected chi connectivity index (χ0v) is 10.0. The molecule has 5 heteroatoms. The smallest absolute Gasteiger partial charge is 0.258 e. The molecule has 3 rings (SSSR count). The topological polar surface area (TPSA) is 32.8 Å². The maximum Gasteiger partial charge on any atom is 0.258 e. The van der Waals surface area contributed by atoms with E-state index in [9.17, 15) is 4.79 Å². The molecule has 1 unspecified atom stereocenters. The summed E-state index contributed by atoms with van der Waals surface area (Å²) in [6.45, 7) is 1.76. The molecule has 1 atom stereocenters. The molecule has 4 nitrogen and oxygen atoms in total. The fourth-order valence-corrected chi connectivity index (χ4v) is 2.64. The van der Waals surface area contributed by atoms with Crippen molar-refractivity contribution in [2.24, 2.45) is 0 Å². The van der Waals surface area contributed by atoms with Crippen molar-refractivity contribution in [3.05, 3.63) is 30.3 Å². The van der Waals surface area contributed by atoms with Gasteiger partial charge >= 0.3 is 0 Å². The number of carbonyl (C=O) groups excluding carboxylic acids is 1. The van der Waals surface area contributed by atoms with E-state index in [4.69, 9.17) is 17.0 Å². The third-order valence-corrected chi connectivity index (χ3v) is 3.50. The number of rotatable bonds is 1. The molecule has 1 aromatic rings. The van der Waals surface area contributed by atoms with Crippen LogP contribution in [0, 0.1) is 0 Å². The highest BCUT2D eigenvalue weighted by Gasteiger charge is 2.44. The van der Waals surface area contributed by atoms with Gasteiger partial charge < -0.3 is 9.64 Å². The Morgan fingerprint density at radius 2 is 2.06 bits per heavy atom. The van der Waals surface area contributed by atoms with Crippen LogP contribution in [0.1, 0.15) is 0 Å². The number of para-hydroxylation sites is 1. The van der Waals surface area contributed by atoms with Gasteiger partial charge in [0.25, 0.3) is 5.91 Å². The average Bonchev–Trinajstić information content (AvgIpc) is 2.64. The number of hydrogen-bond acceptors (Lipinski definition) is 3. The van der Waals surface area contributed by atoms with Crippen LogP contribution in [0.4, 0.5) is 5.69 Å². The summed E-state index contributed by atoms with van der Waals surface area (Å²) in [5.41, 5.74) is 0.830. The van der Waals surface area contributed by atoms with E-state index in [-0.39, 0.29) is 11.9 Å². The van der Waals surface area contributed by atoms with Crippen molar-refractivity contribution >= 4 is 28.9 Å². The van der Waals surface area contributed by atoms with E-state index >= 15 is 0 Å². The third kappa shape index (κ3) is 1.62.